The van der Waals surface area contributed by atoms with E-state index in [-0.39, 0.29) is 12.4 Å². The van der Waals surface area contributed by atoms with Gasteiger partial charge in [0.2, 0.25) is 0 Å². The molecule has 0 heterocycles. The Labute approximate surface area is 103 Å². The first-order chi connectivity index (χ1) is 7.42. The van der Waals surface area contributed by atoms with Crippen molar-refractivity contribution in [2.45, 2.75) is 5.75 Å². The van der Waals surface area contributed by atoms with Crippen molar-refractivity contribution in [3.05, 3.63) is 28.2 Å². The van der Waals surface area contributed by atoms with Crippen LogP contribution in [0, 0.1) is 0 Å². The molecule has 0 spiro atoms. The minimum absolute atomic E-state index is 0.0407. The van der Waals surface area contributed by atoms with Gasteiger partial charge in [-0.3, -0.25) is 0 Å². The van der Waals surface area contributed by atoms with E-state index in [2.05, 4.69) is 15.9 Å². The van der Waals surface area contributed by atoms with Gasteiger partial charge in [0.1, 0.15) is 19.0 Å². The highest BCUT2D eigenvalue weighted by Gasteiger charge is 2.08. The zero-order valence-corrected chi connectivity index (χ0v) is 11.1. The van der Waals surface area contributed by atoms with E-state index in [1.54, 1.807) is 18.2 Å². The fourth-order valence-corrected chi connectivity index (χ4v) is 2.35. The summed E-state index contributed by atoms with van der Waals surface area (Å²) in [6.07, 6.45) is 1.16. The molecule has 16 heavy (non-hydrogen) atoms. The number of sulfone groups is 1. The molecule has 0 bridgehead atoms. The largest absolute Gasteiger partial charge is 0.490 e. The summed E-state index contributed by atoms with van der Waals surface area (Å²) < 4.78 is 39.9. The standard InChI is InChI=1S/C10H12BrFO3S/c1-16(13,14)7-8-2-3-9(11)10(6-8)15-5-4-12/h2-3,6H,4-5,7H2,1H3. The van der Waals surface area contributed by atoms with Gasteiger partial charge in [-0.25, -0.2) is 12.8 Å². The van der Waals surface area contributed by atoms with Crippen molar-refractivity contribution in [3.63, 3.8) is 0 Å². The molecule has 90 valence electrons. The third-order valence-electron chi connectivity index (χ3n) is 1.76. The molecule has 3 nitrogen and oxygen atoms in total. The molecule has 0 aliphatic heterocycles. The van der Waals surface area contributed by atoms with E-state index in [4.69, 9.17) is 4.74 Å². The van der Waals surface area contributed by atoms with Crippen LogP contribution in [0.1, 0.15) is 5.56 Å². The predicted molar refractivity (Wildman–Crippen MR) is 64.2 cm³/mol. The van der Waals surface area contributed by atoms with E-state index in [9.17, 15) is 12.8 Å². The van der Waals surface area contributed by atoms with Gasteiger partial charge in [-0.05, 0) is 33.6 Å². The Bertz CT molecular complexity index is 459. The maximum Gasteiger partial charge on any atom is 0.151 e. The molecule has 0 saturated carbocycles. The van der Waals surface area contributed by atoms with Gasteiger partial charge in [0.05, 0.1) is 10.2 Å². The van der Waals surface area contributed by atoms with Gasteiger partial charge in [0.25, 0.3) is 0 Å². The van der Waals surface area contributed by atoms with Crippen molar-refractivity contribution in [3.8, 4) is 5.75 Å². The highest BCUT2D eigenvalue weighted by Crippen LogP contribution is 2.26. The van der Waals surface area contributed by atoms with Crippen molar-refractivity contribution in [1.82, 2.24) is 0 Å². The van der Waals surface area contributed by atoms with Gasteiger partial charge in [0, 0.05) is 6.26 Å². The lowest BCUT2D eigenvalue weighted by molar-refractivity contribution is 0.272. The van der Waals surface area contributed by atoms with Crippen LogP contribution in [0.5, 0.6) is 5.75 Å². The number of halogens is 2. The molecule has 1 aromatic rings. The zero-order chi connectivity index (χ0) is 12.2. The Balaban J connectivity index is 2.89. The number of hydrogen-bond donors (Lipinski definition) is 0. The Morgan fingerprint density at radius 3 is 2.69 bits per heavy atom. The van der Waals surface area contributed by atoms with Crippen LogP contribution in [0.2, 0.25) is 0 Å². The predicted octanol–water partition coefficient (Wildman–Crippen LogP) is 2.34. The van der Waals surface area contributed by atoms with Gasteiger partial charge >= 0.3 is 0 Å². The molecule has 0 aliphatic rings. The maximum absolute atomic E-state index is 11.9. The van der Waals surface area contributed by atoms with Crippen LogP contribution >= 0.6 is 15.9 Å². The van der Waals surface area contributed by atoms with Crippen molar-refractivity contribution in [1.29, 1.82) is 0 Å². The third-order valence-corrected chi connectivity index (χ3v) is 3.27. The second-order valence-corrected chi connectivity index (χ2v) is 6.37. The first-order valence-electron chi connectivity index (χ1n) is 4.57. The van der Waals surface area contributed by atoms with Crippen LogP contribution in [0.4, 0.5) is 4.39 Å². The van der Waals surface area contributed by atoms with Crippen LogP contribution in [0.3, 0.4) is 0 Å². The molecule has 0 amide bonds. The van der Waals surface area contributed by atoms with E-state index in [0.29, 0.717) is 15.8 Å². The number of rotatable bonds is 5. The second-order valence-electron chi connectivity index (χ2n) is 3.37. The van der Waals surface area contributed by atoms with E-state index < -0.39 is 16.5 Å². The molecule has 0 aromatic heterocycles. The summed E-state index contributed by atoms with van der Waals surface area (Å²) in [4.78, 5) is 0. The van der Waals surface area contributed by atoms with E-state index in [1.807, 2.05) is 0 Å². The zero-order valence-electron chi connectivity index (χ0n) is 8.74. The minimum Gasteiger partial charge on any atom is -0.490 e. The number of alkyl halides is 1. The summed E-state index contributed by atoms with van der Waals surface area (Å²) >= 11 is 3.24. The van der Waals surface area contributed by atoms with Crippen molar-refractivity contribution >= 4 is 25.8 Å². The molecule has 0 N–H and O–H groups in total. The summed E-state index contributed by atoms with van der Waals surface area (Å²) in [5.74, 6) is 0.408. The summed E-state index contributed by atoms with van der Waals surface area (Å²) in [7, 11) is -3.07. The average molecular weight is 311 g/mol. The summed E-state index contributed by atoms with van der Waals surface area (Å²) in [6, 6.07) is 4.97. The Morgan fingerprint density at radius 2 is 2.12 bits per heavy atom. The SMILES string of the molecule is CS(=O)(=O)Cc1ccc(Br)c(OCCF)c1. The fraction of sp³-hybridized carbons (Fsp3) is 0.400. The fourth-order valence-electron chi connectivity index (χ4n) is 1.20. The third kappa shape index (κ3) is 4.49. The lowest BCUT2D eigenvalue weighted by Crippen LogP contribution is -2.03. The summed E-state index contributed by atoms with van der Waals surface area (Å²) in [5.41, 5.74) is 0.625. The second kappa shape index (κ2) is 5.63. The molecule has 0 aliphatic carbocycles. The normalized spacial score (nSPS) is 11.4. The van der Waals surface area contributed by atoms with Gasteiger partial charge in [0.15, 0.2) is 9.84 Å². The molecule has 1 rings (SSSR count). The van der Waals surface area contributed by atoms with Gasteiger partial charge < -0.3 is 4.74 Å². The van der Waals surface area contributed by atoms with Crippen LogP contribution in [0.25, 0.3) is 0 Å². The smallest absolute Gasteiger partial charge is 0.151 e. The molecule has 0 unspecified atom stereocenters. The van der Waals surface area contributed by atoms with Crippen molar-refractivity contribution < 1.29 is 17.5 Å². The van der Waals surface area contributed by atoms with Crippen LogP contribution < -0.4 is 4.74 Å². The van der Waals surface area contributed by atoms with Crippen LogP contribution in [-0.4, -0.2) is 28.0 Å². The highest BCUT2D eigenvalue weighted by molar-refractivity contribution is 9.10. The monoisotopic (exact) mass is 310 g/mol. The van der Waals surface area contributed by atoms with Crippen molar-refractivity contribution in [2.24, 2.45) is 0 Å². The minimum atomic E-state index is -3.07. The Kier molecular flexibility index (Phi) is 4.73. The first-order valence-corrected chi connectivity index (χ1v) is 7.42. The van der Waals surface area contributed by atoms with Gasteiger partial charge in [-0.2, -0.15) is 0 Å². The summed E-state index contributed by atoms with van der Waals surface area (Å²) in [5, 5.41) is 0. The first kappa shape index (κ1) is 13.4. The summed E-state index contributed by atoms with van der Waals surface area (Å²) in [6.45, 7) is -0.621. The number of benzene rings is 1. The molecule has 1 aromatic carbocycles. The van der Waals surface area contributed by atoms with Crippen LogP contribution in [0.15, 0.2) is 22.7 Å². The van der Waals surface area contributed by atoms with Gasteiger partial charge in [-0.1, -0.05) is 6.07 Å². The lowest BCUT2D eigenvalue weighted by atomic mass is 10.2. The molecule has 0 saturated heterocycles. The molecular formula is C10H12BrFO3S. The topological polar surface area (TPSA) is 43.4 Å². The maximum atomic E-state index is 11.9. The molecular weight excluding hydrogens is 299 g/mol. The number of ether oxygens (including phenoxy) is 1. The Morgan fingerprint density at radius 1 is 1.44 bits per heavy atom. The molecule has 0 radical (unpaired) electrons. The quantitative estimate of drug-likeness (QED) is 0.838. The van der Waals surface area contributed by atoms with E-state index >= 15 is 0 Å². The Hall–Kier alpha value is -0.620. The molecule has 0 atom stereocenters. The molecule has 0 fully saturated rings. The average Bonchev–Trinajstić information content (AvgIpc) is 2.17. The highest BCUT2D eigenvalue weighted by atomic mass is 79.9. The van der Waals surface area contributed by atoms with Crippen molar-refractivity contribution in [2.75, 3.05) is 19.5 Å². The van der Waals surface area contributed by atoms with Gasteiger partial charge in [-0.15, -0.1) is 0 Å². The molecule has 6 heteroatoms. The number of hydrogen-bond acceptors (Lipinski definition) is 3. The lowest BCUT2D eigenvalue weighted by Gasteiger charge is -2.08. The van der Waals surface area contributed by atoms with E-state index in [1.165, 1.54) is 0 Å². The van der Waals surface area contributed by atoms with Crippen LogP contribution in [-0.2, 0) is 15.6 Å². The van der Waals surface area contributed by atoms with E-state index in [0.717, 1.165) is 6.26 Å².